The van der Waals surface area contributed by atoms with Gasteiger partial charge in [-0.2, -0.15) is 13.2 Å². The second-order valence-electron chi connectivity index (χ2n) is 4.49. The van der Waals surface area contributed by atoms with Crippen molar-refractivity contribution in [2.24, 2.45) is 5.73 Å². The number of ether oxygens (including phenoxy) is 1. The van der Waals surface area contributed by atoms with Crippen molar-refractivity contribution in [3.63, 3.8) is 0 Å². The molecule has 2 rings (SSSR count). The van der Waals surface area contributed by atoms with Crippen LogP contribution in [0.5, 0.6) is 11.5 Å². The van der Waals surface area contributed by atoms with Crippen LogP contribution in [0.2, 0.25) is 0 Å². The third-order valence-corrected chi connectivity index (χ3v) is 2.88. The molecule has 0 saturated heterocycles. The van der Waals surface area contributed by atoms with Gasteiger partial charge in [-0.15, -0.1) is 0 Å². The Balaban J connectivity index is 2.42. The van der Waals surface area contributed by atoms with Gasteiger partial charge in [-0.1, -0.05) is 18.2 Å². The largest absolute Gasteiger partial charge is 0.456 e. The van der Waals surface area contributed by atoms with E-state index < -0.39 is 11.7 Å². The van der Waals surface area contributed by atoms with Crippen LogP contribution in [0, 0.1) is 12.3 Å². The van der Waals surface area contributed by atoms with Crippen molar-refractivity contribution >= 4 is 5.84 Å². The Bertz CT molecular complexity index is 681. The van der Waals surface area contributed by atoms with Crippen LogP contribution in [0.25, 0.3) is 0 Å². The molecule has 0 spiro atoms. The zero-order chi connectivity index (χ0) is 15.6. The van der Waals surface area contributed by atoms with Crippen LogP contribution in [-0.2, 0) is 6.18 Å². The molecule has 3 nitrogen and oxygen atoms in total. The van der Waals surface area contributed by atoms with Crippen molar-refractivity contribution in [2.45, 2.75) is 13.1 Å². The SMILES string of the molecule is Cc1cccc(C(=N)N)c1Oc1cccc(C(F)(F)F)c1. The van der Waals surface area contributed by atoms with Crippen molar-refractivity contribution in [3.8, 4) is 11.5 Å². The molecule has 0 saturated carbocycles. The highest BCUT2D eigenvalue weighted by Crippen LogP contribution is 2.34. The molecule has 2 aromatic rings. The second kappa shape index (κ2) is 5.47. The molecule has 0 bridgehead atoms. The number of para-hydroxylation sites is 1. The molecule has 3 N–H and O–H groups in total. The van der Waals surface area contributed by atoms with Gasteiger partial charge in [0.15, 0.2) is 0 Å². The lowest BCUT2D eigenvalue weighted by molar-refractivity contribution is -0.137. The summed E-state index contributed by atoms with van der Waals surface area (Å²) in [4.78, 5) is 0. The smallest absolute Gasteiger partial charge is 0.416 e. The van der Waals surface area contributed by atoms with Gasteiger partial charge in [-0.25, -0.2) is 0 Å². The van der Waals surface area contributed by atoms with E-state index in [1.165, 1.54) is 12.1 Å². The third kappa shape index (κ3) is 3.34. The molecular weight excluding hydrogens is 281 g/mol. The lowest BCUT2D eigenvalue weighted by Gasteiger charge is -2.14. The van der Waals surface area contributed by atoms with E-state index in [9.17, 15) is 13.2 Å². The quantitative estimate of drug-likeness (QED) is 0.661. The maximum atomic E-state index is 12.7. The summed E-state index contributed by atoms with van der Waals surface area (Å²) in [6.45, 7) is 1.73. The third-order valence-electron chi connectivity index (χ3n) is 2.88. The van der Waals surface area contributed by atoms with Gasteiger partial charge in [-0.3, -0.25) is 5.41 Å². The molecule has 0 atom stereocenters. The maximum Gasteiger partial charge on any atom is 0.416 e. The minimum absolute atomic E-state index is 0.0432. The Morgan fingerprint density at radius 2 is 1.81 bits per heavy atom. The Hall–Kier alpha value is -2.50. The molecule has 110 valence electrons. The van der Waals surface area contributed by atoms with Gasteiger partial charge in [-0.05, 0) is 36.8 Å². The van der Waals surface area contributed by atoms with Crippen molar-refractivity contribution in [1.29, 1.82) is 5.41 Å². The van der Waals surface area contributed by atoms with E-state index in [4.69, 9.17) is 15.9 Å². The topological polar surface area (TPSA) is 59.1 Å². The highest BCUT2D eigenvalue weighted by molar-refractivity contribution is 5.98. The molecule has 0 heterocycles. The molecule has 0 unspecified atom stereocenters. The van der Waals surface area contributed by atoms with Crippen molar-refractivity contribution in [2.75, 3.05) is 0 Å². The predicted molar refractivity (Wildman–Crippen MR) is 73.7 cm³/mol. The van der Waals surface area contributed by atoms with Crippen molar-refractivity contribution < 1.29 is 17.9 Å². The van der Waals surface area contributed by atoms with E-state index in [1.807, 2.05) is 0 Å². The molecule has 0 aliphatic rings. The van der Waals surface area contributed by atoms with Gasteiger partial charge in [0.05, 0.1) is 11.1 Å². The fourth-order valence-electron chi connectivity index (χ4n) is 1.85. The number of hydrogen-bond acceptors (Lipinski definition) is 2. The number of benzene rings is 2. The summed E-state index contributed by atoms with van der Waals surface area (Å²) in [5.41, 5.74) is 5.69. The number of aryl methyl sites for hydroxylation is 1. The van der Waals surface area contributed by atoms with Gasteiger partial charge in [0.1, 0.15) is 17.3 Å². The summed E-state index contributed by atoms with van der Waals surface area (Å²) < 4.78 is 43.6. The van der Waals surface area contributed by atoms with Crippen LogP contribution in [0.1, 0.15) is 16.7 Å². The van der Waals surface area contributed by atoms with Gasteiger partial charge in [0.2, 0.25) is 0 Å². The average Bonchev–Trinajstić information content (AvgIpc) is 2.40. The molecule has 6 heteroatoms. The summed E-state index contributed by atoms with van der Waals surface area (Å²) in [5.74, 6) is 0.117. The Morgan fingerprint density at radius 1 is 1.14 bits per heavy atom. The lowest BCUT2D eigenvalue weighted by atomic mass is 10.1. The van der Waals surface area contributed by atoms with Crippen LogP contribution >= 0.6 is 0 Å². The maximum absolute atomic E-state index is 12.7. The summed E-state index contributed by atoms with van der Waals surface area (Å²) in [6.07, 6.45) is -4.44. The normalized spacial score (nSPS) is 11.2. The summed E-state index contributed by atoms with van der Waals surface area (Å²) in [6, 6.07) is 9.58. The van der Waals surface area contributed by atoms with E-state index in [0.29, 0.717) is 11.1 Å². The number of nitrogens with one attached hydrogen (secondary N) is 1. The van der Waals surface area contributed by atoms with E-state index in [-0.39, 0.29) is 17.3 Å². The molecular formula is C15H13F3N2O. The van der Waals surface area contributed by atoms with Gasteiger partial charge in [0, 0.05) is 0 Å². The molecule has 0 aliphatic heterocycles. The number of nitrogens with two attached hydrogens (primary N) is 1. The second-order valence-corrected chi connectivity index (χ2v) is 4.49. The predicted octanol–water partition coefficient (Wildman–Crippen LogP) is 4.09. The van der Waals surface area contributed by atoms with E-state index >= 15 is 0 Å². The fourth-order valence-corrected chi connectivity index (χ4v) is 1.85. The number of alkyl halides is 3. The van der Waals surface area contributed by atoms with E-state index in [1.54, 1.807) is 25.1 Å². The van der Waals surface area contributed by atoms with Crippen LogP contribution in [0.3, 0.4) is 0 Å². The number of halogens is 3. The van der Waals surface area contributed by atoms with Gasteiger partial charge >= 0.3 is 6.18 Å². The zero-order valence-corrected chi connectivity index (χ0v) is 11.2. The number of rotatable bonds is 3. The summed E-state index contributed by atoms with van der Waals surface area (Å²) >= 11 is 0. The molecule has 0 aliphatic carbocycles. The van der Waals surface area contributed by atoms with Crippen LogP contribution in [-0.4, -0.2) is 5.84 Å². The highest BCUT2D eigenvalue weighted by atomic mass is 19.4. The minimum Gasteiger partial charge on any atom is -0.456 e. The lowest BCUT2D eigenvalue weighted by Crippen LogP contribution is -2.13. The number of nitrogen functional groups attached to an aromatic ring is 1. The first-order valence-corrected chi connectivity index (χ1v) is 6.08. The van der Waals surface area contributed by atoms with Gasteiger partial charge < -0.3 is 10.5 Å². The fraction of sp³-hybridized carbons (Fsp3) is 0.133. The minimum atomic E-state index is -4.44. The summed E-state index contributed by atoms with van der Waals surface area (Å²) in [7, 11) is 0. The van der Waals surface area contributed by atoms with Crippen molar-refractivity contribution in [3.05, 3.63) is 59.2 Å². The molecule has 0 amide bonds. The average molecular weight is 294 g/mol. The first kappa shape index (κ1) is 14.9. The number of amidine groups is 1. The first-order chi connectivity index (χ1) is 9.79. The van der Waals surface area contributed by atoms with E-state index in [0.717, 1.165) is 12.1 Å². The zero-order valence-electron chi connectivity index (χ0n) is 11.2. The first-order valence-electron chi connectivity index (χ1n) is 6.08. The number of hydrogen-bond donors (Lipinski definition) is 2. The van der Waals surface area contributed by atoms with Crippen LogP contribution in [0.4, 0.5) is 13.2 Å². The van der Waals surface area contributed by atoms with E-state index in [2.05, 4.69) is 0 Å². The Labute approximate surface area is 119 Å². The summed E-state index contributed by atoms with van der Waals surface area (Å²) in [5, 5.41) is 7.50. The Morgan fingerprint density at radius 3 is 2.43 bits per heavy atom. The molecule has 21 heavy (non-hydrogen) atoms. The van der Waals surface area contributed by atoms with Gasteiger partial charge in [0.25, 0.3) is 0 Å². The standard InChI is InChI=1S/C15H13F3N2O/c1-9-4-2-7-12(14(19)20)13(9)21-11-6-3-5-10(8-11)15(16,17)18/h2-8H,1H3,(H3,19,20). The Kier molecular flexibility index (Phi) is 3.88. The van der Waals surface area contributed by atoms with Crippen LogP contribution < -0.4 is 10.5 Å². The molecule has 0 fully saturated rings. The molecule has 0 aromatic heterocycles. The molecule has 2 aromatic carbocycles. The molecule has 0 radical (unpaired) electrons. The van der Waals surface area contributed by atoms with Crippen molar-refractivity contribution in [1.82, 2.24) is 0 Å². The highest BCUT2D eigenvalue weighted by Gasteiger charge is 2.30. The monoisotopic (exact) mass is 294 g/mol. The van der Waals surface area contributed by atoms with Crippen LogP contribution in [0.15, 0.2) is 42.5 Å².